The molecule has 1 aromatic heterocycles. The first-order valence-electron chi connectivity index (χ1n) is 9.96. The number of carbonyl (C=O) groups excluding carboxylic acids is 1. The van der Waals surface area contributed by atoms with Gasteiger partial charge in [-0.25, -0.2) is 4.98 Å². The molecule has 2 aromatic carbocycles. The van der Waals surface area contributed by atoms with Gasteiger partial charge in [-0.1, -0.05) is 12.1 Å². The summed E-state index contributed by atoms with van der Waals surface area (Å²) in [4.78, 5) is 23.0. The molecule has 30 heavy (non-hydrogen) atoms. The monoisotopic (exact) mass is 438 g/mol. The van der Waals surface area contributed by atoms with Crippen molar-refractivity contribution in [3.05, 3.63) is 59.6 Å². The van der Waals surface area contributed by atoms with Crippen LogP contribution >= 0.6 is 23.1 Å². The Hall–Kier alpha value is -2.35. The lowest BCUT2D eigenvalue weighted by Gasteiger charge is -2.22. The van der Waals surface area contributed by atoms with Gasteiger partial charge in [-0.3, -0.25) is 4.79 Å². The molecule has 3 aromatic rings. The van der Waals surface area contributed by atoms with Crippen molar-refractivity contribution >= 4 is 40.4 Å². The first kappa shape index (κ1) is 20.9. The third-order valence-electron chi connectivity index (χ3n) is 5.46. The number of aromatic nitrogens is 1. The first-order chi connectivity index (χ1) is 14.5. The van der Waals surface area contributed by atoms with E-state index in [0.717, 1.165) is 29.3 Å². The van der Waals surface area contributed by atoms with Crippen LogP contribution in [-0.2, 0) is 0 Å². The van der Waals surface area contributed by atoms with Crippen LogP contribution < -0.4 is 10.2 Å². The van der Waals surface area contributed by atoms with E-state index >= 15 is 0 Å². The maximum Gasteiger partial charge on any atom is 0.275 e. The van der Waals surface area contributed by atoms with E-state index in [9.17, 15) is 4.79 Å². The summed E-state index contributed by atoms with van der Waals surface area (Å²) in [6.07, 6.45) is 3.23. The fourth-order valence-corrected chi connectivity index (χ4v) is 4.81. The maximum atomic E-state index is 12.6. The second-order valence-corrected chi connectivity index (χ2v) is 9.36. The molecule has 156 valence electrons. The zero-order chi connectivity index (χ0) is 21.1. The Labute approximate surface area is 186 Å². The molecule has 1 unspecified atom stereocenters. The van der Waals surface area contributed by atoms with Crippen molar-refractivity contribution in [3.8, 4) is 10.6 Å². The molecule has 4 rings (SSSR count). The first-order valence-corrected chi connectivity index (χ1v) is 12.1. The van der Waals surface area contributed by atoms with Gasteiger partial charge in [0.25, 0.3) is 5.91 Å². The Kier molecular flexibility index (Phi) is 6.41. The topological polar surface area (TPSA) is 48.5 Å². The zero-order valence-corrected chi connectivity index (χ0v) is 19.1. The van der Waals surface area contributed by atoms with E-state index in [1.54, 1.807) is 11.8 Å². The van der Waals surface area contributed by atoms with E-state index in [0.29, 0.717) is 11.7 Å². The lowest BCUT2D eigenvalue weighted by atomic mass is 10.2. The number of thioether (sulfide) groups is 1. The summed E-state index contributed by atoms with van der Waals surface area (Å²) in [5.74, 6) is -0.181. The van der Waals surface area contributed by atoms with Gasteiger partial charge in [0.15, 0.2) is 0 Å². The summed E-state index contributed by atoms with van der Waals surface area (Å²) in [7, 11) is 4.27. The predicted octanol–water partition coefficient (Wildman–Crippen LogP) is 4.92. The fourth-order valence-electron chi connectivity index (χ4n) is 3.59. The Bertz CT molecular complexity index is 999. The zero-order valence-electron chi connectivity index (χ0n) is 17.5. The van der Waals surface area contributed by atoms with Gasteiger partial charge in [-0.05, 0) is 63.2 Å². The van der Waals surface area contributed by atoms with Crippen LogP contribution in [0.2, 0.25) is 0 Å². The number of likely N-dealkylation sites (N-methyl/N-ethyl adjacent to an activating group) is 1. The second kappa shape index (κ2) is 9.20. The lowest BCUT2D eigenvalue weighted by molar-refractivity contribution is 0.102. The standard InChI is InChI=1S/C23H26N4OS2/c1-26(2)19-12-13-27(14-19)18-8-6-17(7-9-18)24-22(28)21-15-30-23(25-21)16-4-10-20(29-3)11-5-16/h4-11,15,19H,12-14H2,1-3H3,(H,24,28). The van der Waals surface area contributed by atoms with Crippen molar-refractivity contribution in [2.24, 2.45) is 0 Å². The highest BCUT2D eigenvalue weighted by Crippen LogP contribution is 2.27. The second-order valence-electron chi connectivity index (χ2n) is 7.62. The largest absolute Gasteiger partial charge is 0.370 e. The summed E-state index contributed by atoms with van der Waals surface area (Å²) in [5, 5.41) is 5.63. The van der Waals surface area contributed by atoms with E-state index in [4.69, 9.17) is 0 Å². The average Bonchev–Trinajstić information content (AvgIpc) is 3.45. The van der Waals surface area contributed by atoms with Gasteiger partial charge in [-0.2, -0.15) is 0 Å². The molecule has 1 fully saturated rings. The van der Waals surface area contributed by atoms with E-state index in [1.165, 1.54) is 28.3 Å². The van der Waals surface area contributed by atoms with Crippen molar-refractivity contribution in [1.82, 2.24) is 9.88 Å². The third-order valence-corrected chi connectivity index (χ3v) is 7.09. The molecule has 1 aliphatic rings. The van der Waals surface area contributed by atoms with Crippen molar-refractivity contribution in [2.75, 3.05) is 43.7 Å². The van der Waals surface area contributed by atoms with Crippen LogP contribution in [0.5, 0.6) is 0 Å². The molecule has 0 spiro atoms. The van der Waals surface area contributed by atoms with Gasteiger partial charge in [0.2, 0.25) is 0 Å². The van der Waals surface area contributed by atoms with Gasteiger partial charge in [0.05, 0.1) is 0 Å². The quantitative estimate of drug-likeness (QED) is 0.553. The van der Waals surface area contributed by atoms with Crippen LogP contribution in [0.4, 0.5) is 11.4 Å². The minimum Gasteiger partial charge on any atom is -0.370 e. The Balaban J connectivity index is 1.39. The summed E-state index contributed by atoms with van der Waals surface area (Å²) >= 11 is 3.20. The number of nitrogens with one attached hydrogen (secondary N) is 1. The van der Waals surface area contributed by atoms with Gasteiger partial charge >= 0.3 is 0 Å². The number of amides is 1. The molecule has 0 radical (unpaired) electrons. The van der Waals surface area contributed by atoms with Crippen LogP contribution in [0.15, 0.2) is 58.8 Å². The molecule has 0 saturated carbocycles. The van der Waals surface area contributed by atoms with Crippen molar-refractivity contribution in [1.29, 1.82) is 0 Å². The lowest BCUT2D eigenvalue weighted by Crippen LogP contribution is -2.31. The molecule has 1 saturated heterocycles. The van der Waals surface area contributed by atoms with Crippen LogP contribution in [0.1, 0.15) is 16.9 Å². The molecule has 0 bridgehead atoms. The number of rotatable bonds is 6. The summed E-state index contributed by atoms with van der Waals surface area (Å²) in [6, 6.07) is 16.9. The molecule has 1 aliphatic heterocycles. The van der Waals surface area contributed by atoms with Crippen molar-refractivity contribution in [3.63, 3.8) is 0 Å². The van der Waals surface area contributed by atoms with Gasteiger partial charge in [0.1, 0.15) is 10.7 Å². The minimum atomic E-state index is -0.181. The Morgan fingerprint density at radius 1 is 1.17 bits per heavy atom. The van der Waals surface area contributed by atoms with E-state index < -0.39 is 0 Å². The summed E-state index contributed by atoms with van der Waals surface area (Å²) < 4.78 is 0. The number of anilines is 2. The highest BCUT2D eigenvalue weighted by molar-refractivity contribution is 7.98. The van der Waals surface area contributed by atoms with Gasteiger partial charge < -0.3 is 15.1 Å². The molecule has 0 aliphatic carbocycles. The van der Waals surface area contributed by atoms with Crippen LogP contribution in [0, 0.1) is 0 Å². The number of nitrogens with zero attached hydrogens (tertiary/aromatic N) is 3. The third kappa shape index (κ3) is 4.69. The molecule has 1 amide bonds. The molecular weight excluding hydrogens is 412 g/mol. The van der Waals surface area contributed by atoms with Crippen LogP contribution in [0.3, 0.4) is 0 Å². The van der Waals surface area contributed by atoms with Crippen molar-refractivity contribution < 1.29 is 4.79 Å². The maximum absolute atomic E-state index is 12.6. The molecule has 7 heteroatoms. The number of hydrogen-bond donors (Lipinski definition) is 1. The number of benzene rings is 2. The van der Waals surface area contributed by atoms with E-state index in [1.807, 2.05) is 29.6 Å². The molecule has 1 N–H and O–H groups in total. The van der Waals surface area contributed by atoms with Crippen LogP contribution in [-0.4, -0.2) is 55.3 Å². The number of thiazole rings is 1. The van der Waals surface area contributed by atoms with E-state index in [2.05, 4.69) is 64.7 Å². The smallest absolute Gasteiger partial charge is 0.275 e. The minimum absolute atomic E-state index is 0.181. The van der Waals surface area contributed by atoms with Crippen LogP contribution in [0.25, 0.3) is 10.6 Å². The Morgan fingerprint density at radius 3 is 2.53 bits per heavy atom. The number of hydrogen-bond acceptors (Lipinski definition) is 6. The normalized spacial score (nSPS) is 16.3. The molecular formula is C23H26N4OS2. The highest BCUT2D eigenvalue weighted by Gasteiger charge is 2.24. The van der Waals surface area contributed by atoms with Crippen molar-refractivity contribution in [2.45, 2.75) is 17.4 Å². The number of carbonyl (C=O) groups is 1. The molecule has 1 atom stereocenters. The van der Waals surface area contributed by atoms with Gasteiger partial charge in [-0.15, -0.1) is 23.1 Å². The fraction of sp³-hybridized carbons (Fsp3) is 0.304. The van der Waals surface area contributed by atoms with E-state index in [-0.39, 0.29) is 5.91 Å². The average molecular weight is 439 g/mol. The summed E-state index contributed by atoms with van der Waals surface area (Å²) in [6.45, 7) is 2.10. The SMILES string of the molecule is CSc1ccc(-c2nc(C(=O)Nc3ccc(N4CCC(N(C)C)C4)cc3)cs2)cc1. The molecule has 2 heterocycles. The molecule has 5 nitrogen and oxygen atoms in total. The predicted molar refractivity (Wildman–Crippen MR) is 128 cm³/mol. The Morgan fingerprint density at radius 2 is 1.90 bits per heavy atom. The van der Waals surface area contributed by atoms with Gasteiger partial charge in [0, 0.05) is 46.3 Å². The summed E-state index contributed by atoms with van der Waals surface area (Å²) in [5.41, 5.74) is 3.46. The highest BCUT2D eigenvalue weighted by atomic mass is 32.2.